The average Bonchev–Trinajstić information content (AvgIpc) is 2.75. The van der Waals surface area contributed by atoms with Crippen LogP contribution in [0.5, 0.6) is 0 Å². The van der Waals surface area contributed by atoms with Crippen molar-refractivity contribution in [2.75, 3.05) is 13.6 Å². The summed E-state index contributed by atoms with van der Waals surface area (Å²) in [4.78, 5) is 7.31. The lowest BCUT2D eigenvalue weighted by molar-refractivity contribution is 0.0147. The van der Waals surface area contributed by atoms with E-state index >= 15 is 0 Å². The highest BCUT2D eigenvalue weighted by Crippen LogP contribution is 2.30. The smallest absolute Gasteiger partial charge is 0.183 e. The van der Waals surface area contributed by atoms with Crippen LogP contribution in [0.2, 0.25) is 4.47 Å². The number of likely N-dealkylation sites (N-methyl/N-ethyl adjacent to an activating group) is 1. The Morgan fingerprint density at radius 3 is 2.81 bits per heavy atom. The Kier molecular flexibility index (Phi) is 3.85. The molecule has 1 aliphatic carbocycles. The molecule has 0 spiro atoms. The number of aromatic nitrogens is 1. The zero-order valence-corrected chi connectivity index (χ0v) is 11.0. The first kappa shape index (κ1) is 12.3. The van der Waals surface area contributed by atoms with Gasteiger partial charge in [0.2, 0.25) is 0 Å². The maximum atomic E-state index is 10.3. The lowest BCUT2D eigenvalue weighted by Gasteiger charge is -2.28. The highest BCUT2D eigenvalue weighted by atomic mass is 35.5. The molecule has 16 heavy (non-hydrogen) atoms. The molecule has 5 heteroatoms. The van der Waals surface area contributed by atoms with Gasteiger partial charge in [0, 0.05) is 24.2 Å². The van der Waals surface area contributed by atoms with Crippen molar-refractivity contribution in [2.45, 2.75) is 37.8 Å². The molecule has 0 amide bonds. The summed E-state index contributed by atoms with van der Waals surface area (Å²) in [5.74, 6) is 0. The fraction of sp³-hybridized carbons (Fsp3) is 0.727. The quantitative estimate of drug-likeness (QED) is 0.904. The van der Waals surface area contributed by atoms with Gasteiger partial charge in [-0.2, -0.15) is 0 Å². The summed E-state index contributed by atoms with van der Waals surface area (Å²) in [6.45, 7) is 1.55. The van der Waals surface area contributed by atoms with Gasteiger partial charge in [-0.3, -0.25) is 4.90 Å². The van der Waals surface area contributed by atoms with Crippen LogP contribution >= 0.6 is 22.9 Å². The van der Waals surface area contributed by atoms with Crippen LogP contribution in [0.4, 0.5) is 0 Å². The van der Waals surface area contributed by atoms with E-state index in [1.54, 1.807) is 0 Å². The molecule has 1 fully saturated rings. The van der Waals surface area contributed by atoms with Gasteiger partial charge in [-0.25, -0.2) is 4.98 Å². The van der Waals surface area contributed by atoms with E-state index in [0.717, 1.165) is 43.6 Å². The first-order valence-electron chi connectivity index (χ1n) is 5.59. The molecule has 0 bridgehead atoms. The number of halogens is 1. The summed E-state index contributed by atoms with van der Waals surface area (Å²) in [7, 11) is 2.03. The first-order valence-corrected chi connectivity index (χ1v) is 6.78. The molecule has 3 nitrogen and oxygen atoms in total. The Morgan fingerprint density at radius 1 is 1.56 bits per heavy atom. The van der Waals surface area contributed by atoms with Gasteiger partial charge in [0.05, 0.1) is 5.60 Å². The fourth-order valence-electron chi connectivity index (χ4n) is 2.37. The molecule has 0 saturated heterocycles. The fourth-order valence-corrected chi connectivity index (χ4v) is 3.43. The van der Waals surface area contributed by atoms with Crippen LogP contribution in [-0.2, 0) is 6.54 Å². The van der Waals surface area contributed by atoms with Crippen LogP contribution in [-0.4, -0.2) is 34.2 Å². The summed E-state index contributed by atoms with van der Waals surface area (Å²) < 4.78 is 0.586. The minimum Gasteiger partial charge on any atom is -0.389 e. The van der Waals surface area contributed by atoms with Crippen LogP contribution in [0, 0.1) is 0 Å². The van der Waals surface area contributed by atoms with Gasteiger partial charge in [-0.1, -0.05) is 24.4 Å². The molecule has 1 aromatic heterocycles. The number of rotatable bonds is 4. The highest BCUT2D eigenvalue weighted by molar-refractivity contribution is 7.15. The molecule has 1 heterocycles. The summed E-state index contributed by atoms with van der Waals surface area (Å²) in [6, 6.07) is 0. The second-order valence-corrected chi connectivity index (χ2v) is 6.38. The van der Waals surface area contributed by atoms with E-state index in [0.29, 0.717) is 4.47 Å². The van der Waals surface area contributed by atoms with E-state index < -0.39 is 5.60 Å². The minimum absolute atomic E-state index is 0.469. The minimum atomic E-state index is -0.469. The summed E-state index contributed by atoms with van der Waals surface area (Å²) in [5.41, 5.74) is -0.469. The van der Waals surface area contributed by atoms with Crippen molar-refractivity contribution in [1.82, 2.24) is 9.88 Å². The summed E-state index contributed by atoms with van der Waals surface area (Å²) >= 11 is 7.28. The molecular formula is C11H17ClN2OS. The molecule has 0 aliphatic heterocycles. The van der Waals surface area contributed by atoms with Crippen LogP contribution in [0.3, 0.4) is 0 Å². The molecular weight excluding hydrogens is 244 g/mol. The van der Waals surface area contributed by atoms with Crippen LogP contribution in [0.25, 0.3) is 0 Å². The van der Waals surface area contributed by atoms with E-state index in [-0.39, 0.29) is 0 Å². The third-order valence-electron chi connectivity index (χ3n) is 3.05. The molecule has 0 radical (unpaired) electrons. The third kappa shape index (κ3) is 3.17. The molecule has 0 aromatic carbocycles. The number of hydrogen-bond donors (Lipinski definition) is 1. The molecule has 1 saturated carbocycles. The van der Waals surface area contributed by atoms with E-state index in [1.807, 2.05) is 13.2 Å². The third-order valence-corrected chi connectivity index (χ3v) is 4.15. The Labute approximate surface area is 105 Å². The molecule has 90 valence electrons. The number of thiazole rings is 1. The zero-order chi connectivity index (χ0) is 11.6. The standard InChI is InChI=1S/C11H17ClN2OS/c1-14(7-9-6-13-10(12)16-9)8-11(15)4-2-3-5-11/h6,15H,2-5,7-8H2,1H3. The molecule has 0 unspecified atom stereocenters. The van der Waals surface area contributed by atoms with Crippen LogP contribution in [0.15, 0.2) is 6.20 Å². The Bertz CT molecular complexity index is 350. The lowest BCUT2D eigenvalue weighted by atomic mass is 10.0. The maximum Gasteiger partial charge on any atom is 0.183 e. The summed E-state index contributed by atoms with van der Waals surface area (Å²) in [5, 5.41) is 10.3. The molecule has 2 rings (SSSR count). The van der Waals surface area contributed by atoms with Crippen molar-refractivity contribution in [3.05, 3.63) is 15.5 Å². The van der Waals surface area contributed by atoms with Crippen LogP contribution < -0.4 is 0 Å². The van der Waals surface area contributed by atoms with E-state index in [4.69, 9.17) is 11.6 Å². The lowest BCUT2D eigenvalue weighted by Crippen LogP contribution is -2.38. The number of aliphatic hydroxyl groups is 1. The predicted molar refractivity (Wildman–Crippen MR) is 66.9 cm³/mol. The molecule has 1 N–H and O–H groups in total. The van der Waals surface area contributed by atoms with Crippen molar-refractivity contribution < 1.29 is 5.11 Å². The van der Waals surface area contributed by atoms with Crippen molar-refractivity contribution >= 4 is 22.9 Å². The predicted octanol–water partition coefficient (Wildman–Crippen LogP) is 2.53. The number of hydrogen-bond acceptors (Lipinski definition) is 4. The average molecular weight is 261 g/mol. The van der Waals surface area contributed by atoms with Crippen molar-refractivity contribution in [3.63, 3.8) is 0 Å². The van der Waals surface area contributed by atoms with Crippen molar-refractivity contribution in [1.29, 1.82) is 0 Å². The van der Waals surface area contributed by atoms with Gasteiger partial charge in [-0.05, 0) is 19.9 Å². The monoisotopic (exact) mass is 260 g/mol. The van der Waals surface area contributed by atoms with Gasteiger partial charge < -0.3 is 5.11 Å². The van der Waals surface area contributed by atoms with Gasteiger partial charge in [-0.15, -0.1) is 11.3 Å². The van der Waals surface area contributed by atoms with E-state index in [1.165, 1.54) is 11.3 Å². The van der Waals surface area contributed by atoms with Gasteiger partial charge in [0.25, 0.3) is 0 Å². The molecule has 0 atom stereocenters. The van der Waals surface area contributed by atoms with Gasteiger partial charge in [0.1, 0.15) is 0 Å². The van der Waals surface area contributed by atoms with E-state index in [2.05, 4.69) is 9.88 Å². The second-order valence-electron chi connectivity index (χ2n) is 4.68. The highest BCUT2D eigenvalue weighted by Gasteiger charge is 2.32. The van der Waals surface area contributed by atoms with E-state index in [9.17, 15) is 5.11 Å². The maximum absolute atomic E-state index is 10.3. The largest absolute Gasteiger partial charge is 0.389 e. The number of nitrogens with zero attached hydrogens (tertiary/aromatic N) is 2. The second kappa shape index (κ2) is 5.00. The SMILES string of the molecule is CN(Cc1cnc(Cl)s1)CC1(O)CCCC1. The topological polar surface area (TPSA) is 36.4 Å². The van der Waals surface area contributed by atoms with Crippen molar-refractivity contribution in [2.24, 2.45) is 0 Å². The zero-order valence-electron chi connectivity index (χ0n) is 9.45. The Morgan fingerprint density at radius 2 is 2.25 bits per heavy atom. The Balaban J connectivity index is 1.86. The molecule has 1 aromatic rings. The first-order chi connectivity index (χ1) is 7.57. The van der Waals surface area contributed by atoms with Gasteiger partial charge in [0.15, 0.2) is 4.47 Å². The Hall–Kier alpha value is -0.160. The molecule has 1 aliphatic rings. The van der Waals surface area contributed by atoms with Crippen molar-refractivity contribution in [3.8, 4) is 0 Å². The van der Waals surface area contributed by atoms with Gasteiger partial charge >= 0.3 is 0 Å². The summed E-state index contributed by atoms with van der Waals surface area (Å²) in [6.07, 6.45) is 5.97. The normalized spacial score (nSPS) is 19.5. The van der Waals surface area contributed by atoms with Crippen LogP contribution in [0.1, 0.15) is 30.6 Å².